The Morgan fingerprint density at radius 3 is 2.47 bits per heavy atom. The molecule has 0 aliphatic heterocycles. The van der Waals surface area contributed by atoms with Gasteiger partial charge in [-0.25, -0.2) is 5.43 Å². The Balaban J connectivity index is 1.58. The Morgan fingerprint density at radius 2 is 1.81 bits per heavy atom. The lowest BCUT2D eigenvalue weighted by molar-refractivity contribution is -0.130. The Labute approximate surface area is 220 Å². The summed E-state index contributed by atoms with van der Waals surface area (Å²) in [6.07, 6.45) is 1.82. The van der Waals surface area contributed by atoms with Crippen molar-refractivity contribution in [3.8, 4) is 17.1 Å². The second kappa shape index (κ2) is 12.6. The van der Waals surface area contributed by atoms with E-state index in [0.717, 1.165) is 11.1 Å². The number of nitrogens with one attached hydrogen (secondary N) is 2. The maximum atomic E-state index is 12.7. The van der Waals surface area contributed by atoms with Crippen LogP contribution in [0.5, 0.6) is 5.75 Å². The molecular weight excluding hydrogens is 501 g/mol. The SMILES string of the molecule is Cc1cccc(C)c1OCC(=O)N[C@@H](CC(C)C)C(=O)N/N=C\c1ccc(-c2ccc(Cl)cc2Cl)o1. The average Bonchev–Trinajstić information content (AvgIpc) is 3.26. The molecule has 0 spiro atoms. The van der Waals surface area contributed by atoms with Crippen LogP contribution in [0.1, 0.15) is 37.2 Å². The van der Waals surface area contributed by atoms with Gasteiger partial charge < -0.3 is 14.5 Å². The number of nitrogens with zero attached hydrogens (tertiary/aromatic N) is 1. The third-order valence-corrected chi connectivity index (χ3v) is 5.85. The molecule has 0 unspecified atom stereocenters. The zero-order valence-corrected chi connectivity index (χ0v) is 22.1. The standard InChI is InChI=1S/C27H29Cl2N3O4/c1-16(2)12-23(31-25(33)15-35-26-17(3)6-5-7-18(26)4)27(34)32-30-14-20-9-11-24(36-20)21-10-8-19(28)13-22(21)29/h5-11,13-14,16,23H,12,15H2,1-4H3,(H,31,33)(H,32,34)/b30-14-/t23-/m0/s1. The molecule has 0 aliphatic rings. The number of carbonyl (C=O) groups is 2. The van der Waals surface area contributed by atoms with Crippen LogP contribution in [-0.2, 0) is 9.59 Å². The molecule has 0 aliphatic carbocycles. The van der Waals surface area contributed by atoms with Gasteiger partial charge in [-0.15, -0.1) is 0 Å². The molecule has 3 rings (SSSR count). The van der Waals surface area contributed by atoms with Crippen molar-refractivity contribution in [1.29, 1.82) is 0 Å². The number of hydrogen-bond donors (Lipinski definition) is 2. The zero-order valence-electron chi connectivity index (χ0n) is 20.6. The Bertz CT molecular complexity index is 1230. The lowest BCUT2D eigenvalue weighted by Crippen LogP contribution is -2.47. The first kappa shape index (κ1) is 27.3. The molecular formula is C27H29Cl2N3O4. The molecule has 2 N–H and O–H groups in total. The number of aryl methyl sites for hydroxylation is 2. The fourth-order valence-electron chi connectivity index (χ4n) is 3.60. The van der Waals surface area contributed by atoms with Crippen molar-refractivity contribution in [3.63, 3.8) is 0 Å². The van der Waals surface area contributed by atoms with Gasteiger partial charge in [0, 0.05) is 10.6 Å². The van der Waals surface area contributed by atoms with E-state index in [0.29, 0.717) is 39.3 Å². The number of para-hydroxylation sites is 1. The van der Waals surface area contributed by atoms with Crippen LogP contribution in [0, 0.1) is 19.8 Å². The molecule has 2 amide bonds. The van der Waals surface area contributed by atoms with E-state index in [2.05, 4.69) is 15.8 Å². The zero-order chi connectivity index (χ0) is 26.2. The van der Waals surface area contributed by atoms with Gasteiger partial charge in [0.25, 0.3) is 11.8 Å². The fourth-order valence-corrected chi connectivity index (χ4v) is 4.10. The predicted octanol–water partition coefficient (Wildman–Crippen LogP) is 5.93. The summed E-state index contributed by atoms with van der Waals surface area (Å²) < 4.78 is 11.4. The number of halogens is 2. The van der Waals surface area contributed by atoms with E-state index in [4.69, 9.17) is 32.4 Å². The van der Waals surface area contributed by atoms with Gasteiger partial charge >= 0.3 is 0 Å². The maximum absolute atomic E-state index is 12.7. The van der Waals surface area contributed by atoms with Crippen molar-refractivity contribution >= 4 is 41.2 Å². The first-order chi connectivity index (χ1) is 17.1. The van der Waals surface area contributed by atoms with Crippen LogP contribution in [0.2, 0.25) is 10.0 Å². The summed E-state index contributed by atoms with van der Waals surface area (Å²) >= 11 is 12.2. The van der Waals surface area contributed by atoms with Crippen molar-refractivity contribution < 1.29 is 18.7 Å². The summed E-state index contributed by atoms with van der Waals surface area (Å²) in [5, 5.41) is 7.71. The molecule has 0 radical (unpaired) electrons. The summed E-state index contributed by atoms with van der Waals surface area (Å²) in [5.74, 6) is 0.966. The summed E-state index contributed by atoms with van der Waals surface area (Å²) in [7, 11) is 0. The van der Waals surface area contributed by atoms with Crippen molar-refractivity contribution in [3.05, 3.63) is 75.5 Å². The second-order valence-electron chi connectivity index (χ2n) is 8.82. The highest BCUT2D eigenvalue weighted by Crippen LogP contribution is 2.31. The molecule has 9 heteroatoms. The van der Waals surface area contributed by atoms with Gasteiger partial charge in [0.05, 0.1) is 11.2 Å². The lowest BCUT2D eigenvalue weighted by Gasteiger charge is -2.19. The second-order valence-corrected chi connectivity index (χ2v) is 9.66. The number of carbonyl (C=O) groups excluding carboxylic acids is 2. The summed E-state index contributed by atoms with van der Waals surface area (Å²) in [4.78, 5) is 25.3. The highest BCUT2D eigenvalue weighted by atomic mass is 35.5. The Kier molecular flexibility index (Phi) is 9.56. The number of rotatable bonds is 10. The largest absolute Gasteiger partial charge is 0.483 e. The summed E-state index contributed by atoms with van der Waals surface area (Å²) in [5.41, 5.74) is 5.04. The highest BCUT2D eigenvalue weighted by Gasteiger charge is 2.22. The quantitative estimate of drug-likeness (QED) is 0.251. The van der Waals surface area contributed by atoms with Crippen molar-refractivity contribution in [2.45, 2.75) is 40.2 Å². The topological polar surface area (TPSA) is 92.9 Å². The van der Waals surface area contributed by atoms with Crippen LogP contribution < -0.4 is 15.5 Å². The Morgan fingerprint density at radius 1 is 1.08 bits per heavy atom. The third-order valence-electron chi connectivity index (χ3n) is 5.31. The third kappa shape index (κ3) is 7.60. The van der Waals surface area contributed by atoms with Gasteiger partial charge in [0.2, 0.25) is 0 Å². The average molecular weight is 530 g/mol. The number of ether oxygens (including phenoxy) is 1. The monoisotopic (exact) mass is 529 g/mol. The van der Waals surface area contributed by atoms with Gasteiger partial charge in [0.1, 0.15) is 23.3 Å². The van der Waals surface area contributed by atoms with E-state index in [1.807, 2.05) is 45.9 Å². The highest BCUT2D eigenvalue weighted by molar-refractivity contribution is 6.36. The predicted molar refractivity (Wildman–Crippen MR) is 143 cm³/mol. The van der Waals surface area contributed by atoms with E-state index in [1.165, 1.54) is 6.21 Å². The fraction of sp³-hybridized carbons (Fsp3) is 0.296. The number of amides is 2. The molecule has 3 aromatic rings. The molecule has 7 nitrogen and oxygen atoms in total. The first-order valence-electron chi connectivity index (χ1n) is 11.5. The molecule has 1 heterocycles. The van der Waals surface area contributed by atoms with Crippen LogP contribution in [0.3, 0.4) is 0 Å². The molecule has 2 aromatic carbocycles. The van der Waals surface area contributed by atoms with Crippen molar-refractivity contribution in [2.24, 2.45) is 11.0 Å². The van der Waals surface area contributed by atoms with E-state index in [1.54, 1.807) is 30.3 Å². The lowest BCUT2D eigenvalue weighted by atomic mass is 10.0. The molecule has 0 fully saturated rings. The molecule has 0 bridgehead atoms. The van der Waals surface area contributed by atoms with E-state index >= 15 is 0 Å². The summed E-state index contributed by atoms with van der Waals surface area (Å²) in [6, 6.07) is 13.5. The van der Waals surface area contributed by atoms with Gasteiger partial charge in [0.15, 0.2) is 6.61 Å². The maximum Gasteiger partial charge on any atom is 0.262 e. The minimum Gasteiger partial charge on any atom is -0.483 e. The minimum absolute atomic E-state index is 0.168. The van der Waals surface area contributed by atoms with E-state index in [9.17, 15) is 9.59 Å². The molecule has 190 valence electrons. The van der Waals surface area contributed by atoms with Crippen LogP contribution in [0.25, 0.3) is 11.3 Å². The molecule has 1 atom stereocenters. The molecule has 1 aromatic heterocycles. The minimum atomic E-state index is -0.767. The van der Waals surface area contributed by atoms with Crippen molar-refractivity contribution in [2.75, 3.05) is 6.61 Å². The van der Waals surface area contributed by atoms with Crippen LogP contribution in [0.15, 0.2) is 58.0 Å². The number of furan rings is 1. The number of benzene rings is 2. The molecule has 0 saturated carbocycles. The number of hydrazone groups is 1. The van der Waals surface area contributed by atoms with Crippen molar-refractivity contribution in [1.82, 2.24) is 10.7 Å². The van der Waals surface area contributed by atoms with Gasteiger partial charge in [-0.2, -0.15) is 5.10 Å². The Hall–Kier alpha value is -3.29. The summed E-state index contributed by atoms with van der Waals surface area (Å²) in [6.45, 7) is 7.57. The van der Waals surface area contributed by atoms with Crippen LogP contribution >= 0.6 is 23.2 Å². The normalized spacial score (nSPS) is 12.1. The van der Waals surface area contributed by atoms with Gasteiger partial charge in [-0.05, 0) is 67.6 Å². The number of hydrogen-bond acceptors (Lipinski definition) is 5. The van der Waals surface area contributed by atoms with Crippen LogP contribution in [0.4, 0.5) is 0 Å². The molecule has 36 heavy (non-hydrogen) atoms. The van der Waals surface area contributed by atoms with Gasteiger partial charge in [-0.1, -0.05) is 55.2 Å². The molecule has 0 saturated heterocycles. The van der Waals surface area contributed by atoms with Crippen LogP contribution in [-0.4, -0.2) is 30.7 Å². The van der Waals surface area contributed by atoms with Gasteiger partial charge in [-0.3, -0.25) is 9.59 Å². The smallest absolute Gasteiger partial charge is 0.262 e. The first-order valence-corrected chi connectivity index (χ1v) is 12.3. The van der Waals surface area contributed by atoms with E-state index < -0.39 is 17.9 Å². The van der Waals surface area contributed by atoms with E-state index in [-0.39, 0.29) is 12.5 Å².